The van der Waals surface area contributed by atoms with Crippen LogP contribution in [-0.4, -0.2) is 26.6 Å². The van der Waals surface area contributed by atoms with Crippen LogP contribution in [0.15, 0.2) is 42.5 Å². The second-order valence-electron chi connectivity index (χ2n) is 5.09. The maximum Gasteiger partial charge on any atom is 0.171 e. The molecular formula is C17H23NO2. The minimum Gasteiger partial charge on any atom is -0.354 e. The van der Waals surface area contributed by atoms with Crippen LogP contribution in [0.3, 0.4) is 0 Å². The standard InChI is InChI=1S/C17H23NO2/c1-12(18-13(2)17(19-3)20-4)15-11-7-9-14-8-5-6-10-16(14)15/h5-13,17-18H,1-4H3. The molecule has 0 spiro atoms. The lowest BCUT2D eigenvalue weighted by Gasteiger charge is -2.26. The lowest BCUT2D eigenvalue weighted by molar-refractivity contribution is -0.120. The predicted octanol–water partition coefficient (Wildman–Crippen LogP) is 3.50. The molecule has 1 N–H and O–H groups in total. The van der Waals surface area contributed by atoms with Crippen LogP contribution in [0.25, 0.3) is 10.8 Å². The van der Waals surface area contributed by atoms with E-state index < -0.39 is 0 Å². The van der Waals surface area contributed by atoms with Gasteiger partial charge in [0.2, 0.25) is 0 Å². The largest absolute Gasteiger partial charge is 0.354 e. The highest BCUT2D eigenvalue weighted by atomic mass is 16.7. The summed E-state index contributed by atoms with van der Waals surface area (Å²) in [5.41, 5.74) is 1.29. The fourth-order valence-electron chi connectivity index (χ4n) is 2.70. The minimum absolute atomic E-state index is 0.110. The molecule has 2 rings (SSSR count). The first-order valence-corrected chi connectivity index (χ1v) is 6.96. The van der Waals surface area contributed by atoms with Crippen LogP contribution in [0.1, 0.15) is 25.5 Å². The van der Waals surface area contributed by atoms with Crippen LogP contribution in [0.4, 0.5) is 0 Å². The summed E-state index contributed by atoms with van der Waals surface area (Å²) in [5.74, 6) is 0. The van der Waals surface area contributed by atoms with Crippen LogP contribution in [0.5, 0.6) is 0 Å². The Morgan fingerprint density at radius 3 is 2.25 bits per heavy atom. The van der Waals surface area contributed by atoms with Gasteiger partial charge < -0.3 is 14.8 Å². The Kier molecular flexibility index (Phi) is 5.12. The topological polar surface area (TPSA) is 30.5 Å². The molecule has 3 heteroatoms. The Morgan fingerprint density at radius 2 is 1.55 bits per heavy atom. The summed E-state index contributed by atoms with van der Waals surface area (Å²) < 4.78 is 10.6. The van der Waals surface area contributed by atoms with Gasteiger partial charge in [-0.2, -0.15) is 0 Å². The molecule has 0 heterocycles. The van der Waals surface area contributed by atoms with Crippen molar-refractivity contribution in [3.05, 3.63) is 48.0 Å². The zero-order chi connectivity index (χ0) is 14.5. The lowest BCUT2D eigenvalue weighted by Crippen LogP contribution is -2.40. The summed E-state index contributed by atoms with van der Waals surface area (Å²) in [4.78, 5) is 0. The van der Waals surface area contributed by atoms with Crippen molar-refractivity contribution < 1.29 is 9.47 Å². The Bertz CT molecular complexity index is 546. The number of hydrogen-bond donors (Lipinski definition) is 1. The first-order valence-electron chi connectivity index (χ1n) is 6.96. The van der Waals surface area contributed by atoms with Crippen molar-refractivity contribution >= 4 is 10.8 Å². The van der Waals surface area contributed by atoms with E-state index in [-0.39, 0.29) is 18.4 Å². The molecule has 0 amide bonds. The molecule has 0 saturated heterocycles. The van der Waals surface area contributed by atoms with Gasteiger partial charge in [0.05, 0.1) is 6.04 Å². The van der Waals surface area contributed by atoms with Crippen LogP contribution in [0, 0.1) is 0 Å². The summed E-state index contributed by atoms with van der Waals surface area (Å²) in [6.07, 6.45) is -0.243. The highest BCUT2D eigenvalue weighted by Crippen LogP contribution is 2.24. The molecule has 3 nitrogen and oxygen atoms in total. The molecule has 0 aliphatic heterocycles. The quantitative estimate of drug-likeness (QED) is 0.817. The summed E-state index contributed by atoms with van der Waals surface area (Å²) in [6.45, 7) is 4.24. The van der Waals surface area contributed by atoms with E-state index in [0.717, 1.165) is 0 Å². The fourth-order valence-corrected chi connectivity index (χ4v) is 2.70. The Balaban J connectivity index is 2.21. The molecule has 0 aliphatic carbocycles. The van der Waals surface area contributed by atoms with E-state index in [9.17, 15) is 0 Å². The number of ether oxygens (including phenoxy) is 2. The van der Waals surface area contributed by atoms with E-state index in [2.05, 4.69) is 61.6 Å². The minimum atomic E-state index is -0.243. The van der Waals surface area contributed by atoms with Gasteiger partial charge in [-0.25, -0.2) is 0 Å². The van der Waals surface area contributed by atoms with E-state index in [0.29, 0.717) is 0 Å². The molecule has 0 aliphatic rings. The molecule has 2 unspecified atom stereocenters. The van der Waals surface area contributed by atoms with Gasteiger partial charge in [0, 0.05) is 20.3 Å². The van der Waals surface area contributed by atoms with Crippen molar-refractivity contribution in [3.8, 4) is 0 Å². The van der Waals surface area contributed by atoms with Crippen molar-refractivity contribution in [2.75, 3.05) is 14.2 Å². The van der Waals surface area contributed by atoms with Gasteiger partial charge >= 0.3 is 0 Å². The Labute approximate surface area is 120 Å². The molecule has 0 aromatic heterocycles. The second kappa shape index (κ2) is 6.84. The highest BCUT2D eigenvalue weighted by molar-refractivity contribution is 5.86. The van der Waals surface area contributed by atoms with Crippen LogP contribution >= 0.6 is 0 Å². The maximum absolute atomic E-state index is 5.30. The number of methoxy groups -OCH3 is 2. The molecule has 2 aromatic rings. The molecule has 108 valence electrons. The van der Waals surface area contributed by atoms with Gasteiger partial charge in [-0.05, 0) is 30.2 Å². The maximum atomic E-state index is 5.30. The zero-order valence-electron chi connectivity index (χ0n) is 12.6. The molecule has 2 atom stereocenters. The third-order valence-corrected chi connectivity index (χ3v) is 3.68. The highest BCUT2D eigenvalue weighted by Gasteiger charge is 2.19. The SMILES string of the molecule is COC(OC)C(C)NC(C)c1cccc2ccccc12. The van der Waals surface area contributed by atoms with Crippen LogP contribution in [0.2, 0.25) is 0 Å². The number of rotatable bonds is 6. The van der Waals surface area contributed by atoms with Crippen molar-refractivity contribution in [2.45, 2.75) is 32.2 Å². The number of hydrogen-bond acceptors (Lipinski definition) is 3. The lowest BCUT2D eigenvalue weighted by atomic mass is 9.99. The average Bonchev–Trinajstić information content (AvgIpc) is 2.47. The normalized spacial score (nSPS) is 14.7. The van der Waals surface area contributed by atoms with Crippen molar-refractivity contribution in [1.29, 1.82) is 0 Å². The molecule has 0 radical (unpaired) electrons. The van der Waals surface area contributed by atoms with Crippen molar-refractivity contribution in [2.24, 2.45) is 0 Å². The van der Waals surface area contributed by atoms with E-state index in [4.69, 9.17) is 9.47 Å². The van der Waals surface area contributed by atoms with E-state index >= 15 is 0 Å². The first-order chi connectivity index (χ1) is 9.67. The zero-order valence-corrected chi connectivity index (χ0v) is 12.6. The number of fused-ring (bicyclic) bond motifs is 1. The molecule has 0 bridgehead atoms. The molecule has 20 heavy (non-hydrogen) atoms. The second-order valence-corrected chi connectivity index (χ2v) is 5.09. The summed E-state index contributed by atoms with van der Waals surface area (Å²) in [5, 5.41) is 6.09. The molecular weight excluding hydrogens is 250 g/mol. The Hall–Kier alpha value is -1.42. The molecule has 0 fully saturated rings. The predicted molar refractivity (Wildman–Crippen MR) is 82.8 cm³/mol. The molecule has 0 saturated carbocycles. The van der Waals surface area contributed by atoms with Crippen molar-refractivity contribution in [1.82, 2.24) is 5.32 Å². The smallest absolute Gasteiger partial charge is 0.171 e. The van der Waals surface area contributed by atoms with Gasteiger partial charge in [0.1, 0.15) is 0 Å². The number of benzene rings is 2. The van der Waals surface area contributed by atoms with Gasteiger partial charge in [-0.15, -0.1) is 0 Å². The first kappa shape index (κ1) is 15.0. The Morgan fingerprint density at radius 1 is 0.900 bits per heavy atom. The van der Waals surface area contributed by atoms with E-state index in [1.165, 1.54) is 16.3 Å². The summed E-state index contributed by atoms with van der Waals surface area (Å²) in [7, 11) is 3.32. The van der Waals surface area contributed by atoms with E-state index in [1.54, 1.807) is 14.2 Å². The van der Waals surface area contributed by atoms with Gasteiger partial charge in [0.15, 0.2) is 6.29 Å². The third-order valence-electron chi connectivity index (χ3n) is 3.68. The molecule has 2 aromatic carbocycles. The summed E-state index contributed by atoms with van der Waals surface area (Å²) in [6, 6.07) is 15.2. The van der Waals surface area contributed by atoms with Gasteiger partial charge in [0.25, 0.3) is 0 Å². The van der Waals surface area contributed by atoms with Gasteiger partial charge in [-0.3, -0.25) is 0 Å². The third kappa shape index (κ3) is 3.18. The van der Waals surface area contributed by atoms with Gasteiger partial charge in [-0.1, -0.05) is 42.5 Å². The van der Waals surface area contributed by atoms with E-state index in [1.807, 2.05) is 0 Å². The fraction of sp³-hybridized carbons (Fsp3) is 0.412. The average molecular weight is 273 g/mol. The summed E-state index contributed by atoms with van der Waals surface area (Å²) >= 11 is 0. The van der Waals surface area contributed by atoms with Crippen LogP contribution in [-0.2, 0) is 9.47 Å². The monoisotopic (exact) mass is 273 g/mol. The number of nitrogens with one attached hydrogen (secondary N) is 1. The van der Waals surface area contributed by atoms with Crippen molar-refractivity contribution in [3.63, 3.8) is 0 Å². The van der Waals surface area contributed by atoms with Crippen LogP contribution < -0.4 is 5.32 Å².